The van der Waals surface area contributed by atoms with E-state index in [1.165, 1.54) is 0 Å². The van der Waals surface area contributed by atoms with Crippen molar-refractivity contribution in [1.82, 2.24) is 4.98 Å². The number of pyridine rings is 1. The van der Waals surface area contributed by atoms with Crippen molar-refractivity contribution >= 4 is 6.29 Å². The number of aldehydes is 1. The molecule has 1 saturated heterocycles. The fourth-order valence-corrected chi connectivity index (χ4v) is 2.04. The van der Waals surface area contributed by atoms with Crippen LogP contribution in [0.1, 0.15) is 41.4 Å². The van der Waals surface area contributed by atoms with Gasteiger partial charge >= 0.3 is 0 Å². The van der Waals surface area contributed by atoms with Crippen LogP contribution in [0.2, 0.25) is 0 Å². The zero-order chi connectivity index (χ0) is 13.5. The van der Waals surface area contributed by atoms with Crippen LogP contribution in [-0.2, 0) is 14.2 Å². The molecular formula is C14H19NO4. The molecule has 0 N–H and O–H groups in total. The van der Waals surface area contributed by atoms with E-state index >= 15 is 0 Å². The molecule has 0 saturated carbocycles. The van der Waals surface area contributed by atoms with Gasteiger partial charge in [0.2, 0.25) is 0 Å². The molecule has 0 spiro atoms. The van der Waals surface area contributed by atoms with E-state index in [0.717, 1.165) is 37.7 Å². The molecule has 1 aliphatic rings. The molecule has 0 aliphatic carbocycles. The molecule has 1 aliphatic heterocycles. The van der Waals surface area contributed by atoms with Crippen LogP contribution in [0.3, 0.4) is 0 Å². The fourth-order valence-electron chi connectivity index (χ4n) is 2.04. The number of methoxy groups -OCH3 is 1. The number of aromatic nitrogens is 1. The highest BCUT2D eigenvalue weighted by Gasteiger charge is 2.21. The third kappa shape index (κ3) is 4.09. The molecule has 0 radical (unpaired) electrons. The standard InChI is InChI=1S/C14H19NO4/c1-17-10-13(19-14-4-2-3-7-18-14)11-5-6-12(9-16)15-8-11/h5-6,8-9,13-14H,2-4,7,10H2,1H3. The molecule has 1 aromatic rings. The highest BCUT2D eigenvalue weighted by Crippen LogP contribution is 2.23. The lowest BCUT2D eigenvalue weighted by atomic mass is 10.1. The summed E-state index contributed by atoms with van der Waals surface area (Å²) in [6.07, 6.45) is 5.08. The van der Waals surface area contributed by atoms with Gasteiger partial charge in [0.15, 0.2) is 12.6 Å². The molecule has 2 atom stereocenters. The number of hydrogen-bond donors (Lipinski definition) is 0. The highest BCUT2D eigenvalue weighted by atomic mass is 16.7. The van der Waals surface area contributed by atoms with Gasteiger partial charge < -0.3 is 14.2 Å². The van der Waals surface area contributed by atoms with Crippen molar-refractivity contribution in [2.24, 2.45) is 0 Å². The summed E-state index contributed by atoms with van der Waals surface area (Å²) in [4.78, 5) is 14.6. The van der Waals surface area contributed by atoms with Gasteiger partial charge in [0, 0.05) is 25.5 Å². The number of carbonyl (C=O) groups is 1. The van der Waals surface area contributed by atoms with E-state index in [1.807, 2.05) is 6.07 Å². The number of ether oxygens (including phenoxy) is 3. The van der Waals surface area contributed by atoms with E-state index in [0.29, 0.717) is 12.3 Å². The summed E-state index contributed by atoms with van der Waals surface area (Å²) in [5.41, 5.74) is 1.30. The third-order valence-electron chi connectivity index (χ3n) is 3.07. The molecule has 2 rings (SSSR count). The lowest BCUT2D eigenvalue weighted by Crippen LogP contribution is -2.26. The first-order chi connectivity index (χ1) is 9.33. The SMILES string of the molecule is COCC(OC1CCCCO1)c1ccc(C=O)nc1. The van der Waals surface area contributed by atoms with Crippen LogP contribution < -0.4 is 0 Å². The fraction of sp³-hybridized carbons (Fsp3) is 0.571. The molecular weight excluding hydrogens is 246 g/mol. The molecule has 1 fully saturated rings. The maximum atomic E-state index is 10.6. The largest absolute Gasteiger partial charge is 0.382 e. The van der Waals surface area contributed by atoms with Gasteiger partial charge in [-0.3, -0.25) is 9.78 Å². The lowest BCUT2D eigenvalue weighted by Gasteiger charge is -2.27. The third-order valence-corrected chi connectivity index (χ3v) is 3.07. The normalized spacial score (nSPS) is 21.0. The van der Waals surface area contributed by atoms with Gasteiger partial charge in [-0.05, 0) is 25.3 Å². The van der Waals surface area contributed by atoms with E-state index in [1.54, 1.807) is 19.4 Å². The van der Waals surface area contributed by atoms with Gasteiger partial charge in [0.25, 0.3) is 0 Å². The first-order valence-electron chi connectivity index (χ1n) is 6.50. The van der Waals surface area contributed by atoms with Crippen molar-refractivity contribution in [2.45, 2.75) is 31.7 Å². The Kier molecular flexibility index (Phi) is 5.44. The summed E-state index contributed by atoms with van der Waals surface area (Å²) in [7, 11) is 1.63. The maximum absolute atomic E-state index is 10.6. The molecule has 0 bridgehead atoms. The average Bonchev–Trinajstić information content (AvgIpc) is 2.48. The maximum Gasteiger partial charge on any atom is 0.168 e. The predicted octanol–water partition coefficient (Wildman–Crippen LogP) is 2.12. The van der Waals surface area contributed by atoms with Crippen LogP contribution in [0.15, 0.2) is 18.3 Å². The first kappa shape index (κ1) is 14.1. The van der Waals surface area contributed by atoms with Crippen LogP contribution in [0.4, 0.5) is 0 Å². The molecule has 5 nitrogen and oxygen atoms in total. The second-order valence-electron chi connectivity index (χ2n) is 4.51. The summed E-state index contributed by atoms with van der Waals surface area (Å²) < 4.78 is 16.7. The first-order valence-corrected chi connectivity index (χ1v) is 6.50. The number of carbonyl (C=O) groups excluding carboxylic acids is 1. The monoisotopic (exact) mass is 265 g/mol. The second kappa shape index (κ2) is 7.33. The molecule has 5 heteroatoms. The van der Waals surface area contributed by atoms with Gasteiger partial charge in [-0.1, -0.05) is 6.07 Å². The quantitative estimate of drug-likeness (QED) is 0.737. The Bertz CT molecular complexity index is 387. The number of hydrogen-bond acceptors (Lipinski definition) is 5. The molecule has 2 heterocycles. The van der Waals surface area contributed by atoms with Crippen LogP contribution in [0, 0.1) is 0 Å². The summed E-state index contributed by atoms with van der Waals surface area (Å²) in [6.45, 7) is 1.18. The molecule has 2 unspecified atom stereocenters. The highest BCUT2D eigenvalue weighted by molar-refractivity contribution is 5.71. The average molecular weight is 265 g/mol. The van der Waals surface area contributed by atoms with Crippen molar-refractivity contribution in [3.05, 3.63) is 29.6 Å². The Balaban J connectivity index is 2.02. The van der Waals surface area contributed by atoms with Crippen LogP contribution in [0.5, 0.6) is 0 Å². The topological polar surface area (TPSA) is 57.7 Å². The van der Waals surface area contributed by atoms with Crippen molar-refractivity contribution in [3.8, 4) is 0 Å². The van der Waals surface area contributed by atoms with Crippen LogP contribution >= 0.6 is 0 Å². The van der Waals surface area contributed by atoms with E-state index in [-0.39, 0.29) is 12.4 Å². The smallest absolute Gasteiger partial charge is 0.168 e. The Labute approximate surface area is 112 Å². The summed E-state index contributed by atoms with van der Waals surface area (Å²) in [5, 5.41) is 0. The number of nitrogens with zero attached hydrogens (tertiary/aromatic N) is 1. The minimum absolute atomic E-state index is 0.181. The van der Waals surface area contributed by atoms with Gasteiger partial charge in [0.1, 0.15) is 11.8 Å². The van der Waals surface area contributed by atoms with Crippen molar-refractivity contribution < 1.29 is 19.0 Å². The van der Waals surface area contributed by atoms with Gasteiger partial charge in [-0.2, -0.15) is 0 Å². The molecule has 0 amide bonds. The summed E-state index contributed by atoms with van der Waals surface area (Å²) in [6, 6.07) is 3.51. The summed E-state index contributed by atoms with van der Waals surface area (Å²) >= 11 is 0. The Hall–Kier alpha value is -1.30. The molecule has 104 valence electrons. The Morgan fingerprint density at radius 1 is 1.53 bits per heavy atom. The van der Waals surface area contributed by atoms with E-state index in [2.05, 4.69) is 4.98 Å². The van der Waals surface area contributed by atoms with Gasteiger partial charge in [0.05, 0.1) is 6.61 Å². The Morgan fingerprint density at radius 2 is 2.42 bits per heavy atom. The molecule has 0 aromatic carbocycles. The minimum Gasteiger partial charge on any atom is -0.382 e. The van der Waals surface area contributed by atoms with Crippen molar-refractivity contribution in [1.29, 1.82) is 0 Å². The van der Waals surface area contributed by atoms with E-state index in [9.17, 15) is 4.79 Å². The lowest BCUT2D eigenvalue weighted by molar-refractivity contribution is -0.198. The van der Waals surface area contributed by atoms with Gasteiger partial charge in [-0.15, -0.1) is 0 Å². The second-order valence-corrected chi connectivity index (χ2v) is 4.51. The van der Waals surface area contributed by atoms with E-state index < -0.39 is 0 Å². The number of rotatable bonds is 6. The predicted molar refractivity (Wildman–Crippen MR) is 68.9 cm³/mol. The Morgan fingerprint density at radius 3 is 3.00 bits per heavy atom. The van der Waals surface area contributed by atoms with Gasteiger partial charge in [-0.25, -0.2) is 0 Å². The zero-order valence-electron chi connectivity index (χ0n) is 11.1. The molecule has 19 heavy (non-hydrogen) atoms. The summed E-state index contributed by atoms with van der Waals surface area (Å²) in [5.74, 6) is 0. The van der Waals surface area contributed by atoms with Crippen molar-refractivity contribution in [3.63, 3.8) is 0 Å². The molecule has 1 aromatic heterocycles. The van der Waals surface area contributed by atoms with Crippen LogP contribution in [-0.4, -0.2) is 37.9 Å². The van der Waals surface area contributed by atoms with E-state index in [4.69, 9.17) is 14.2 Å². The van der Waals surface area contributed by atoms with Crippen LogP contribution in [0.25, 0.3) is 0 Å². The minimum atomic E-state index is -0.221. The van der Waals surface area contributed by atoms with Crippen molar-refractivity contribution in [2.75, 3.05) is 20.3 Å². The zero-order valence-corrected chi connectivity index (χ0v) is 11.1.